The summed E-state index contributed by atoms with van der Waals surface area (Å²) in [6, 6.07) is 14.3. The Hall–Kier alpha value is -1.96. The second kappa shape index (κ2) is 7.87. The summed E-state index contributed by atoms with van der Waals surface area (Å²) in [5, 5.41) is 0. The van der Waals surface area contributed by atoms with Crippen molar-refractivity contribution in [3.8, 4) is 0 Å². The SMILES string of the molecule is Cc1cc(N2CCN(c3cc(C(C)(C)C)cc(C(C)(C)C)c3)[C@H]2C)cc(C(C)(C)C)c1. The third-order valence-electron chi connectivity index (χ3n) is 6.73. The average Bonchev–Trinajstić information content (AvgIpc) is 3.00. The summed E-state index contributed by atoms with van der Waals surface area (Å²) in [6.07, 6.45) is 0.331. The van der Waals surface area contributed by atoms with Crippen LogP contribution in [-0.4, -0.2) is 19.3 Å². The molecule has 1 heterocycles. The maximum Gasteiger partial charge on any atom is 0.0988 e. The van der Waals surface area contributed by atoms with Crippen LogP contribution in [0.1, 0.15) is 91.5 Å². The molecule has 3 rings (SSSR count). The molecule has 31 heavy (non-hydrogen) atoms. The molecule has 0 saturated carbocycles. The number of hydrogen-bond acceptors (Lipinski definition) is 2. The lowest BCUT2D eigenvalue weighted by Crippen LogP contribution is -2.36. The Kier molecular flexibility index (Phi) is 6.02. The predicted molar refractivity (Wildman–Crippen MR) is 138 cm³/mol. The third kappa shape index (κ3) is 5.10. The van der Waals surface area contributed by atoms with Crippen molar-refractivity contribution >= 4 is 11.4 Å². The Morgan fingerprint density at radius 2 is 0.935 bits per heavy atom. The van der Waals surface area contributed by atoms with Gasteiger partial charge >= 0.3 is 0 Å². The van der Waals surface area contributed by atoms with E-state index in [-0.39, 0.29) is 16.2 Å². The van der Waals surface area contributed by atoms with Gasteiger partial charge in [-0.25, -0.2) is 0 Å². The molecule has 1 fully saturated rings. The van der Waals surface area contributed by atoms with Crippen molar-refractivity contribution in [2.75, 3.05) is 22.9 Å². The first kappa shape index (κ1) is 23.7. The zero-order chi connectivity index (χ0) is 23.4. The van der Waals surface area contributed by atoms with Crippen molar-refractivity contribution in [3.05, 3.63) is 58.7 Å². The molecule has 0 aromatic heterocycles. The lowest BCUT2D eigenvalue weighted by Gasteiger charge is -2.33. The number of rotatable bonds is 2. The number of aryl methyl sites for hydroxylation is 1. The molecule has 1 saturated heterocycles. The highest BCUT2D eigenvalue weighted by Gasteiger charge is 2.31. The van der Waals surface area contributed by atoms with Gasteiger partial charge in [0.15, 0.2) is 0 Å². The van der Waals surface area contributed by atoms with Gasteiger partial charge < -0.3 is 9.80 Å². The van der Waals surface area contributed by atoms with Gasteiger partial charge in [0.2, 0.25) is 0 Å². The molecule has 0 bridgehead atoms. The molecule has 1 atom stereocenters. The summed E-state index contributed by atoms with van der Waals surface area (Å²) in [6.45, 7) is 27.5. The van der Waals surface area contributed by atoms with Crippen LogP contribution in [0.15, 0.2) is 36.4 Å². The van der Waals surface area contributed by atoms with Gasteiger partial charge in [0.1, 0.15) is 0 Å². The van der Waals surface area contributed by atoms with Gasteiger partial charge in [0, 0.05) is 24.5 Å². The van der Waals surface area contributed by atoms with Crippen LogP contribution in [0.4, 0.5) is 11.4 Å². The molecular formula is C29H44N2. The Labute approximate surface area is 191 Å². The summed E-state index contributed by atoms with van der Waals surface area (Å²) in [4.78, 5) is 5.16. The monoisotopic (exact) mass is 420 g/mol. The van der Waals surface area contributed by atoms with Crippen molar-refractivity contribution in [1.82, 2.24) is 0 Å². The van der Waals surface area contributed by atoms with E-state index in [1.165, 1.54) is 33.6 Å². The fourth-order valence-electron chi connectivity index (χ4n) is 4.45. The van der Waals surface area contributed by atoms with Gasteiger partial charge in [-0.1, -0.05) is 74.4 Å². The van der Waals surface area contributed by atoms with E-state index in [2.05, 4.69) is 122 Å². The van der Waals surface area contributed by atoms with E-state index in [9.17, 15) is 0 Å². The molecule has 1 aliphatic rings. The van der Waals surface area contributed by atoms with Crippen LogP contribution in [0, 0.1) is 6.92 Å². The number of benzene rings is 2. The smallest absolute Gasteiger partial charge is 0.0988 e. The highest BCUT2D eigenvalue weighted by molar-refractivity contribution is 5.61. The number of hydrogen-bond donors (Lipinski definition) is 0. The van der Waals surface area contributed by atoms with Crippen LogP contribution >= 0.6 is 0 Å². The first-order valence-corrected chi connectivity index (χ1v) is 11.9. The van der Waals surface area contributed by atoms with Crippen molar-refractivity contribution in [2.24, 2.45) is 0 Å². The summed E-state index contributed by atoms with van der Waals surface area (Å²) in [5.41, 5.74) is 8.74. The Bertz CT molecular complexity index is 902. The highest BCUT2D eigenvalue weighted by atomic mass is 15.4. The van der Waals surface area contributed by atoms with E-state index in [0.717, 1.165) is 13.1 Å². The van der Waals surface area contributed by atoms with Crippen molar-refractivity contribution in [3.63, 3.8) is 0 Å². The average molecular weight is 421 g/mol. The van der Waals surface area contributed by atoms with Gasteiger partial charge in [-0.3, -0.25) is 0 Å². The fourth-order valence-corrected chi connectivity index (χ4v) is 4.45. The molecule has 0 spiro atoms. The van der Waals surface area contributed by atoms with Crippen LogP contribution in [0.3, 0.4) is 0 Å². The Morgan fingerprint density at radius 3 is 1.32 bits per heavy atom. The lowest BCUT2D eigenvalue weighted by molar-refractivity contribution is 0.567. The first-order valence-electron chi connectivity index (χ1n) is 11.9. The molecule has 0 amide bonds. The van der Waals surface area contributed by atoms with Crippen molar-refractivity contribution in [2.45, 2.75) is 98.6 Å². The van der Waals surface area contributed by atoms with Crippen LogP contribution in [0.25, 0.3) is 0 Å². The molecule has 2 nitrogen and oxygen atoms in total. The molecule has 0 aliphatic carbocycles. The Morgan fingerprint density at radius 1 is 0.581 bits per heavy atom. The predicted octanol–water partition coefficient (Wildman–Crippen LogP) is 7.56. The molecule has 1 aliphatic heterocycles. The second-order valence-corrected chi connectivity index (χ2v) is 12.6. The topological polar surface area (TPSA) is 6.48 Å². The number of anilines is 2. The normalized spacial score (nSPS) is 18.1. The zero-order valence-corrected chi connectivity index (χ0v) is 21.9. The minimum Gasteiger partial charge on any atom is -0.350 e. The van der Waals surface area contributed by atoms with Crippen LogP contribution in [0.2, 0.25) is 0 Å². The van der Waals surface area contributed by atoms with Crippen LogP contribution < -0.4 is 9.80 Å². The molecule has 2 aromatic carbocycles. The standard InChI is InChI=1S/C29H44N2/c1-20-14-22(27(3,4)5)17-25(15-20)30-12-13-31(21(30)2)26-18-23(28(6,7)8)16-24(19-26)29(9,10)11/h14-19,21H,12-13H2,1-11H3/t21-/m0/s1. The van der Waals surface area contributed by atoms with E-state index in [0.29, 0.717) is 6.17 Å². The first-order chi connectivity index (χ1) is 14.1. The molecule has 0 radical (unpaired) electrons. The van der Waals surface area contributed by atoms with Crippen LogP contribution in [0.5, 0.6) is 0 Å². The van der Waals surface area contributed by atoms with E-state index >= 15 is 0 Å². The summed E-state index contributed by atoms with van der Waals surface area (Å²) < 4.78 is 0. The maximum absolute atomic E-state index is 2.59. The zero-order valence-electron chi connectivity index (χ0n) is 21.9. The number of nitrogens with zero attached hydrogens (tertiary/aromatic N) is 2. The molecular weight excluding hydrogens is 376 g/mol. The quantitative estimate of drug-likeness (QED) is 0.494. The van der Waals surface area contributed by atoms with Gasteiger partial charge in [-0.2, -0.15) is 0 Å². The van der Waals surface area contributed by atoms with Gasteiger partial charge in [0.05, 0.1) is 6.17 Å². The second-order valence-electron chi connectivity index (χ2n) is 12.6. The molecule has 2 aromatic rings. The van der Waals surface area contributed by atoms with E-state index in [4.69, 9.17) is 0 Å². The Balaban J connectivity index is 2.00. The van der Waals surface area contributed by atoms with Crippen molar-refractivity contribution < 1.29 is 0 Å². The lowest BCUT2D eigenvalue weighted by atomic mass is 9.80. The van der Waals surface area contributed by atoms with E-state index < -0.39 is 0 Å². The summed E-state index contributed by atoms with van der Waals surface area (Å²) in [7, 11) is 0. The van der Waals surface area contributed by atoms with E-state index in [1.54, 1.807) is 0 Å². The third-order valence-corrected chi connectivity index (χ3v) is 6.73. The van der Waals surface area contributed by atoms with E-state index in [1.807, 2.05) is 0 Å². The van der Waals surface area contributed by atoms with Gasteiger partial charge in [0.25, 0.3) is 0 Å². The fraction of sp³-hybridized carbons (Fsp3) is 0.586. The molecule has 0 N–H and O–H groups in total. The minimum atomic E-state index is 0.136. The van der Waals surface area contributed by atoms with Crippen LogP contribution in [-0.2, 0) is 16.2 Å². The van der Waals surface area contributed by atoms with Gasteiger partial charge in [-0.15, -0.1) is 0 Å². The van der Waals surface area contributed by atoms with Gasteiger partial charge in [-0.05, 0) is 76.6 Å². The minimum absolute atomic E-state index is 0.136. The molecule has 0 unspecified atom stereocenters. The molecule has 170 valence electrons. The maximum atomic E-state index is 2.59. The largest absolute Gasteiger partial charge is 0.350 e. The van der Waals surface area contributed by atoms with Crippen molar-refractivity contribution in [1.29, 1.82) is 0 Å². The summed E-state index contributed by atoms with van der Waals surface area (Å²) in [5.74, 6) is 0. The molecule has 2 heteroatoms. The highest BCUT2D eigenvalue weighted by Crippen LogP contribution is 2.37. The summed E-state index contributed by atoms with van der Waals surface area (Å²) >= 11 is 0.